The normalized spacial score (nSPS) is 19.1. The highest BCUT2D eigenvalue weighted by Gasteiger charge is 2.40. The number of halogens is 2. The summed E-state index contributed by atoms with van der Waals surface area (Å²) in [6.07, 6.45) is 6.12. The van der Waals surface area contributed by atoms with Gasteiger partial charge in [-0.25, -0.2) is 13.8 Å². The van der Waals surface area contributed by atoms with E-state index >= 15 is 0 Å². The Hall–Kier alpha value is -3.69. The van der Waals surface area contributed by atoms with Crippen LogP contribution in [0.3, 0.4) is 0 Å². The first-order valence-electron chi connectivity index (χ1n) is 10.2. The molecular weight excluding hydrogens is 420 g/mol. The Balaban J connectivity index is 1.44. The topological polar surface area (TPSA) is 75.0 Å². The van der Waals surface area contributed by atoms with Crippen LogP contribution in [0.4, 0.5) is 20.3 Å². The zero-order valence-electron chi connectivity index (χ0n) is 17.4. The quantitative estimate of drug-likeness (QED) is 0.527. The van der Waals surface area contributed by atoms with E-state index in [1.54, 1.807) is 19.3 Å². The van der Waals surface area contributed by atoms with Gasteiger partial charge in [-0.05, 0) is 35.9 Å². The Morgan fingerprint density at radius 3 is 2.88 bits per heavy atom. The minimum atomic E-state index is -2.85. The summed E-state index contributed by atoms with van der Waals surface area (Å²) in [6.45, 7) is 0.368. The molecule has 0 spiro atoms. The first-order chi connectivity index (χ1) is 15.3. The van der Waals surface area contributed by atoms with Crippen molar-refractivity contribution in [3.63, 3.8) is 0 Å². The number of hydrogen-bond donors (Lipinski definition) is 0. The average molecular weight is 441 g/mol. The lowest BCUT2D eigenvalue weighted by molar-refractivity contribution is -0.609. The summed E-state index contributed by atoms with van der Waals surface area (Å²) in [7, 11) is 1.66. The van der Waals surface area contributed by atoms with Crippen molar-refractivity contribution in [2.75, 3.05) is 38.2 Å². The summed E-state index contributed by atoms with van der Waals surface area (Å²) >= 11 is 0. The molecule has 10 heteroatoms. The molecular formula is C22H21F2N5O3. The first kappa shape index (κ1) is 20.2. The van der Waals surface area contributed by atoms with Crippen LogP contribution in [-0.4, -0.2) is 71.1 Å². The van der Waals surface area contributed by atoms with Gasteiger partial charge in [-0.1, -0.05) is 4.85 Å². The van der Waals surface area contributed by atoms with Crippen molar-refractivity contribution >= 4 is 29.7 Å². The van der Waals surface area contributed by atoms with Crippen LogP contribution in [-0.2, 0) is 0 Å². The Kier molecular flexibility index (Phi) is 4.72. The Bertz CT molecular complexity index is 1150. The van der Waals surface area contributed by atoms with Crippen LogP contribution in [0.15, 0.2) is 36.7 Å². The highest BCUT2D eigenvalue weighted by atomic mass is 19.3. The third-order valence-electron chi connectivity index (χ3n) is 5.78. The van der Waals surface area contributed by atoms with Crippen LogP contribution in [0.1, 0.15) is 27.9 Å². The number of rotatable bonds is 2. The van der Waals surface area contributed by atoms with Gasteiger partial charge in [-0.15, -0.1) is 0 Å². The minimum absolute atomic E-state index is 0.0194. The van der Waals surface area contributed by atoms with E-state index in [4.69, 9.17) is 4.74 Å². The number of aromatic nitrogens is 1. The number of benzene rings is 1. The zero-order valence-corrected chi connectivity index (χ0v) is 17.4. The third-order valence-corrected chi connectivity index (χ3v) is 5.78. The van der Waals surface area contributed by atoms with E-state index in [9.17, 15) is 18.8 Å². The number of hydrogen-bond acceptors (Lipinski definition) is 6. The fraction of sp³-hybridized carbons (Fsp3) is 0.318. The van der Waals surface area contributed by atoms with Gasteiger partial charge < -0.3 is 19.7 Å². The van der Waals surface area contributed by atoms with Gasteiger partial charge in [0, 0.05) is 30.4 Å². The number of hydrazine groups is 1. The van der Waals surface area contributed by atoms with E-state index in [1.165, 1.54) is 17.4 Å². The van der Waals surface area contributed by atoms with Crippen LogP contribution in [0.5, 0.6) is 5.75 Å². The van der Waals surface area contributed by atoms with Crippen LogP contribution in [0.25, 0.3) is 6.08 Å². The molecule has 2 aromatic rings. The van der Waals surface area contributed by atoms with Crippen molar-refractivity contribution in [1.29, 1.82) is 0 Å². The highest BCUT2D eigenvalue weighted by molar-refractivity contribution is 5.95. The lowest BCUT2D eigenvalue weighted by Crippen LogP contribution is -2.32. The molecule has 1 aromatic carbocycles. The average Bonchev–Trinajstić information content (AvgIpc) is 3.09. The summed E-state index contributed by atoms with van der Waals surface area (Å²) in [5.74, 6) is -2.35. The number of hydrazone groups is 1. The zero-order chi connectivity index (χ0) is 22.5. The number of carbonyl (C=O) groups is 1. The molecule has 1 amide bonds. The van der Waals surface area contributed by atoms with E-state index in [1.807, 2.05) is 29.2 Å². The smallest absolute Gasteiger partial charge is 0.267 e. The van der Waals surface area contributed by atoms with Crippen LogP contribution < -0.4 is 9.64 Å². The number of amides is 1. The number of nitrogens with zero attached hydrogens (tertiary/aromatic N) is 5. The summed E-state index contributed by atoms with van der Waals surface area (Å²) in [5.41, 5.74) is 2.75. The monoisotopic (exact) mass is 441 g/mol. The van der Waals surface area contributed by atoms with Gasteiger partial charge in [0.1, 0.15) is 6.61 Å². The Morgan fingerprint density at radius 2 is 2.09 bits per heavy atom. The predicted octanol–water partition coefficient (Wildman–Crippen LogP) is 2.85. The molecule has 3 aliphatic rings. The number of pyridine rings is 1. The standard InChI is InChI=1S/C22H21F2N5O3/c1-26-6-4-15-10-18(3-2-16(15)13-29(26)31)28-8-9-32-19-11-17(12-25-20(19)28)21(30)27-7-5-22(23,24)14-27/h2-4,6,10-13H,5,7-9,14H2,1H3. The molecule has 0 N–H and O–H groups in total. The number of alkyl halides is 2. The maximum atomic E-state index is 13.5. The molecule has 32 heavy (non-hydrogen) atoms. The largest absolute Gasteiger partial charge is 0.596 e. The molecule has 0 saturated carbocycles. The van der Waals surface area contributed by atoms with Crippen molar-refractivity contribution in [2.24, 2.45) is 0 Å². The number of likely N-dealkylation sites (tertiary alicyclic amines) is 1. The molecule has 0 unspecified atom stereocenters. The minimum Gasteiger partial charge on any atom is -0.596 e. The van der Waals surface area contributed by atoms with E-state index in [0.29, 0.717) is 24.7 Å². The fourth-order valence-corrected chi connectivity index (χ4v) is 4.02. The van der Waals surface area contributed by atoms with Crippen molar-refractivity contribution in [3.8, 4) is 5.75 Å². The summed E-state index contributed by atoms with van der Waals surface area (Å²) in [4.78, 5) is 21.0. The molecule has 3 aliphatic heterocycles. The SMILES string of the molecule is CN1C=Cc2cc(N3CCOc4cc(C(=O)N5CCC(F)(F)C5)cnc43)ccc2C=[N+]1[O-]. The summed E-state index contributed by atoms with van der Waals surface area (Å²) < 4.78 is 32.7. The number of fused-ring (bicyclic) bond motifs is 2. The Morgan fingerprint density at radius 1 is 1.25 bits per heavy atom. The van der Waals surface area contributed by atoms with Gasteiger partial charge in [-0.3, -0.25) is 4.79 Å². The van der Waals surface area contributed by atoms with Crippen LogP contribution in [0, 0.1) is 5.21 Å². The summed E-state index contributed by atoms with van der Waals surface area (Å²) in [5, 5.41) is 13.4. The molecule has 0 atom stereocenters. The van der Waals surface area contributed by atoms with E-state index in [-0.39, 0.29) is 18.5 Å². The molecule has 0 radical (unpaired) electrons. The highest BCUT2D eigenvalue weighted by Crippen LogP contribution is 2.37. The number of anilines is 2. The van der Waals surface area contributed by atoms with Gasteiger partial charge in [0.15, 0.2) is 11.6 Å². The second-order valence-electron chi connectivity index (χ2n) is 8.01. The van der Waals surface area contributed by atoms with Gasteiger partial charge in [0.05, 0.1) is 31.9 Å². The maximum Gasteiger partial charge on any atom is 0.267 e. The van der Waals surface area contributed by atoms with Gasteiger partial charge in [-0.2, -0.15) is 5.01 Å². The van der Waals surface area contributed by atoms with Gasteiger partial charge in [0.25, 0.3) is 11.8 Å². The number of carbonyl (C=O) groups excluding carboxylic acids is 1. The van der Waals surface area contributed by atoms with Crippen molar-refractivity contribution in [3.05, 3.63) is 58.6 Å². The molecule has 5 rings (SSSR count). The predicted molar refractivity (Wildman–Crippen MR) is 114 cm³/mol. The third kappa shape index (κ3) is 3.61. The second-order valence-corrected chi connectivity index (χ2v) is 8.01. The first-order valence-corrected chi connectivity index (χ1v) is 10.2. The number of ether oxygens (including phenoxy) is 1. The molecule has 0 aliphatic carbocycles. The Labute approximate surface area is 183 Å². The molecule has 8 nitrogen and oxygen atoms in total. The molecule has 166 valence electrons. The lowest BCUT2D eigenvalue weighted by atomic mass is 10.1. The van der Waals surface area contributed by atoms with E-state index in [2.05, 4.69) is 4.98 Å². The van der Waals surface area contributed by atoms with E-state index in [0.717, 1.165) is 26.6 Å². The van der Waals surface area contributed by atoms with Crippen molar-refractivity contribution in [2.45, 2.75) is 12.3 Å². The fourth-order valence-electron chi connectivity index (χ4n) is 4.02. The lowest BCUT2D eigenvalue weighted by Gasteiger charge is -2.30. The molecule has 1 aromatic heterocycles. The molecule has 1 fully saturated rings. The molecule has 1 saturated heterocycles. The van der Waals surface area contributed by atoms with Crippen LogP contribution in [0.2, 0.25) is 0 Å². The van der Waals surface area contributed by atoms with Crippen LogP contribution >= 0.6 is 0 Å². The molecule has 4 heterocycles. The van der Waals surface area contributed by atoms with Crippen molar-refractivity contribution < 1.29 is 23.2 Å². The maximum absolute atomic E-state index is 13.5. The summed E-state index contributed by atoms with van der Waals surface area (Å²) in [6, 6.07) is 7.27. The van der Waals surface area contributed by atoms with Gasteiger partial charge >= 0.3 is 0 Å². The molecule has 0 bridgehead atoms. The van der Waals surface area contributed by atoms with Gasteiger partial charge in [0.2, 0.25) is 6.21 Å². The van der Waals surface area contributed by atoms with Crippen molar-refractivity contribution in [1.82, 2.24) is 14.9 Å². The second kappa shape index (κ2) is 7.47. The van der Waals surface area contributed by atoms with E-state index < -0.39 is 18.4 Å².